The van der Waals surface area contributed by atoms with Gasteiger partial charge in [0.15, 0.2) is 5.52 Å². The fourth-order valence-electron chi connectivity index (χ4n) is 3.42. The fraction of sp³-hybridized carbons (Fsp3) is 0.333. The molecule has 27 heavy (non-hydrogen) atoms. The third kappa shape index (κ3) is 3.23. The Morgan fingerprint density at radius 3 is 2.70 bits per heavy atom. The van der Waals surface area contributed by atoms with Crippen LogP contribution in [-0.2, 0) is 0 Å². The highest BCUT2D eigenvalue weighted by Crippen LogP contribution is 2.40. The predicted molar refractivity (Wildman–Crippen MR) is 100 cm³/mol. The molecule has 2 aromatic carbocycles. The zero-order chi connectivity index (χ0) is 19.0. The van der Waals surface area contributed by atoms with Gasteiger partial charge in [-0.15, -0.1) is 0 Å². The highest BCUT2D eigenvalue weighted by Gasteiger charge is 2.29. The summed E-state index contributed by atoms with van der Waals surface area (Å²) in [4.78, 5) is 13.4. The predicted octanol–water partition coefficient (Wildman–Crippen LogP) is 3.82. The van der Waals surface area contributed by atoms with Gasteiger partial charge in [0.25, 0.3) is 0 Å². The largest absolute Gasteiger partial charge is 0.508 e. The smallest absolute Gasteiger partial charge is 0.324 e. The van der Waals surface area contributed by atoms with E-state index < -0.39 is 4.92 Å². The molecular formula is C18H19N5O4. The van der Waals surface area contributed by atoms with Crippen LogP contribution in [-0.4, -0.2) is 33.4 Å². The van der Waals surface area contributed by atoms with Crippen LogP contribution in [0.1, 0.15) is 19.8 Å². The lowest BCUT2D eigenvalue weighted by Crippen LogP contribution is -2.33. The van der Waals surface area contributed by atoms with Crippen LogP contribution in [0.15, 0.2) is 35.0 Å². The zero-order valence-electron chi connectivity index (χ0n) is 14.8. The topological polar surface area (TPSA) is 118 Å². The first-order chi connectivity index (χ1) is 13.0. The average molecular weight is 369 g/mol. The van der Waals surface area contributed by atoms with Crippen molar-refractivity contribution in [2.45, 2.75) is 19.8 Å². The van der Waals surface area contributed by atoms with E-state index in [0.717, 1.165) is 31.6 Å². The van der Waals surface area contributed by atoms with Crippen LogP contribution in [0.25, 0.3) is 11.0 Å². The van der Waals surface area contributed by atoms with E-state index in [4.69, 9.17) is 4.63 Å². The molecule has 9 heteroatoms. The number of rotatable bonds is 4. The number of nitro benzene ring substituents is 1. The molecule has 1 fully saturated rings. The van der Waals surface area contributed by atoms with Crippen LogP contribution in [0.5, 0.6) is 5.75 Å². The van der Waals surface area contributed by atoms with Crippen molar-refractivity contribution in [3.8, 4) is 5.75 Å². The molecule has 0 amide bonds. The monoisotopic (exact) mass is 369 g/mol. The van der Waals surface area contributed by atoms with E-state index in [9.17, 15) is 15.2 Å². The molecule has 0 atom stereocenters. The number of aromatic hydroxyl groups is 1. The minimum Gasteiger partial charge on any atom is -0.508 e. The van der Waals surface area contributed by atoms with Crippen molar-refractivity contribution in [1.29, 1.82) is 0 Å². The molecule has 0 saturated carbocycles. The number of hydrogen-bond donors (Lipinski definition) is 2. The Kier molecular flexibility index (Phi) is 4.27. The summed E-state index contributed by atoms with van der Waals surface area (Å²) in [6.45, 7) is 3.90. The van der Waals surface area contributed by atoms with Gasteiger partial charge >= 0.3 is 5.69 Å². The van der Waals surface area contributed by atoms with Crippen LogP contribution in [0.4, 0.5) is 22.7 Å². The van der Waals surface area contributed by atoms with Crippen LogP contribution < -0.4 is 10.2 Å². The highest BCUT2D eigenvalue weighted by atomic mass is 16.6. The summed E-state index contributed by atoms with van der Waals surface area (Å²) in [7, 11) is 0. The number of nitrogens with one attached hydrogen (secondary N) is 1. The van der Waals surface area contributed by atoms with Gasteiger partial charge in [-0.1, -0.05) is 13.0 Å². The number of benzene rings is 2. The zero-order valence-corrected chi connectivity index (χ0v) is 14.8. The Hall–Kier alpha value is -3.36. The molecule has 1 aliphatic heterocycles. The van der Waals surface area contributed by atoms with Gasteiger partial charge in [0.1, 0.15) is 11.4 Å². The van der Waals surface area contributed by atoms with Gasteiger partial charge in [-0.2, -0.15) is 0 Å². The minimum atomic E-state index is -0.500. The van der Waals surface area contributed by atoms with Crippen LogP contribution in [0.2, 0.25) is 0 Å². The van der Waals surface area contributed by atoms with E-state index in [-0.39, 0.29) is 22.6 Å². The maximum Gasteiger partial charge on any atom is 0.324 e. The molecular weight excluding hydrogens is 350 g/mol. The van der Waals surface area contributed by atoms with Crippen molar-refractivity contribution in [2.75, 3.05) is 23.3 Å². The summed E-state index contributed by atoms with van der Waals surface area (Å²) in [6.07, 6.45) is 2.08. The third-order valence-corrected chi connectivity index (χ3v) is 4.92. The lowest BCUT2D eigenvalue weighted by Gasteiger charge is -2.32. The fourth-order valence-corrected chi connectivity index (χ4v) is 3.42. The van der Waals surface area contributed by atoms with Gasteiger partial charge in [-0.25, -0.2) is 4.63 Å². The van der Waals surface area contributed by atoms with Crippen molar-refractivity contribution in [1.82, 2.24) is 10.3 Å². The first kappa shape index (κ1) is 17.1. The van der Waals surface area contributed by atoms with E-state index in [1.54, 1.807) is 18.2 Å². The minimum absolute atomic E-state index is 0.0667. The molecule has 1 aliphatic rings. The molecule has 0 spiro atoms. The summed E-state index contributed by atoms with van der Waals surface area (Å²) in [5.74, 6) is 0.715. The first-order valence-corrected chi connectivity index (χ1v) is 8.77. The van der Waals surface area contributed by atoms with Crippen molar-refractivity contribution in [3.63, 3.8) is 0 Å². The van der Waals surface area contributed by atoms with Crippen LogP contribution >= 0.6 is 0 Å². The SMILES string of the molecule is CC1CCN(c2cc(Nc3cccc(O)c3)c([N+](=O)[O-])c3nonc23)CC1. The number of anilines is 3. The molecule has 0 bridgehead atoms. The maximum absolute atomic E-state index is 11.7. The Balaban J connectivity index is 1.83. The number of phenolic OH excluding ortho intramolecular Hbond substituents is 1. The van der Waals surface area contributed by atoms with E-state index in [2.05, 4.69) is 27.5 Å². The van der Waals surface area contributed by atoms with Gasteiger partial charge in [-0.3, -0.25) is 10.1 Å². The molecule has 4 rings (SSSR count). The summed E-state index contributed by atoms with van der Waals surface area (Å²) in [5, 5.41) is 32.1. The van der Waals surface area contributed by atoms with Crippen LogP contribution in [0, 0.1) is 16.0 Å². The summed E-state index contributed by atoms with van der Waals surface area (Å²) < 4.78 is 4.83. The molecule has 2 N–H and O–H groups in total. The number of aromatic nitrogens is 2. The second-order valence-electron chi connectivity index (χ2n) is 6.86. The summed E-state index contributed by atoms with van der Waals surface area (Å²) in [5.41, 5.74) is 1.86. The number of nitro groups is 1. The van der Waals surface area contributed by atoms with E-state index in [0.29, 0.717) is 17.1 Å². The third-order valence-electron chi connectivity index (χ3n) is 4.92. The second-order valence-corrected chi connectivity index (χ2v) is 6.86. The second kappa shape index (κ2) is 6.75. The Bertz CT molecular complexity index is 995. The molecule has 9 nitrogen and oxygen atoms in total. The van der Waals surface area contributed by atoms with Gasteiger partial charge in [-0.05, 0) is 47.3 Å². The normalized spacial score (nSPS) is 15.2. The summed E-state index contributed by atoms with van der Waals surface area (Å²) >= 11 is 0. The van der Waals surface area contributed by atoms with Gasteiger partial charge < -0.3 is 15.3 Å². The lowest BCUT2D eigenvalue weighted by molar-refractivity contribution is -0.382. The lowest BCUT2D eigenvalue weighted by atomic mass is 9.98. The quantitative estimate of drug-likeness (QED) is 0.526. The van der Waals surface area contributed by atoms with E-state index >= 15 is 0 Å². The number of piperidine rings is 1. The standard InChI is InChI=1S/C18H19N5O4/c1-11-5-7-22(8-6-11)15-10-14(19-12-3-2-4-13(24)9-12)18(23(25)26)17-16(15)20-27-21-17/h2-4,9-11,19,24H,5-8H2,1H3. The van der Waals surface area contributed by atoms with Gasteiger partial charge in [0.2, 0.25) is 5.52 Å². The highest BCUT2D eigenvalue weighted by molar-refractivity contribution is 6.00. The molecule has 3 aromatic rings. The van der Waals surface area contributed by atoms with Crippen molar-refractivity contribution < 1.29 is 14.7 Å². The number of fused-ring (bicyclic) bond motifs is 1. The number of nitrogens with zero attached hydrogens (tertiary/aromatic N) is 4. The molecule has 1 saturated heterocycles. The van der Waals surface area contributed by atoms with Crippen molar-refractivity contribution in [2.24, 2.45) is 5.92 Å². The van der Waals surface area contributed by atoms with Gasteiger partial charge in [0, 0.05) is 24.8 Å². The molecule has 0 aliphatic carbocycles. The Labute approximate surface area is 154 Å². The molecule has 0 radical (unpaired) electrons. The number of phenols is 1. The Morgan fingerprint density at radius 1 is 1.26 bits per heavy atom. The average Bonchev–Trinajstić information content (AvgIpc) is 3.10. The van der Waals surface area contributed by atoms with Crippen molar-refractivity contribution in [3.05, 3.63) is 40.4 Å². The first-order valence-electron chi connectivity index (χ1n) is 8.77. The van der Waals surface area contributed by atoms with Crippen molar-refractivity contribution >= 4 is 33.8 Å². The van der Waals surface area contributed by atoms with Crippen LogP contribution in [0.3, 0.4) is 0 Å². The molecule has 140 valence electrons. The number of hydrogen-bond acceptors (Lipinski definition) is 8. The molecule has 2 heterocycles. The Morgan fingerprint density at radius 2 is 2.00 bits per heavy atom. The summed E-state index contributed by atoms with van der Waals surface area (Å²) in [6, 6.07) is 8.12. The van der Waals surface area contributed by atoms with E-state index in [1.807, 2.05) is 0 Å². The van der Waals surface area contributed by atoms with Gasteiger partial charge in [0.05, 0.1) is 10.6 Å². The molecule has 1 aromatic heterocycles. The van der Waals surface area contributed by atoms with E-state index in [1.165, 1.54) is 12.1 Å². The molecule has 0 unspecified atom stereocenters. The maximum atomic E-state index is 11.7.